The molecular formula is C19H27N5O. The zero-order valence-electron chi connectivity index (χ0n) is 15.9. The SMILES string of the molecule is Cc1cc(C)c(Nc2cc(C(=O)NCCN(C)C)nc(C)n2)c(C)c1. The van der Waals surface area contributed by atoms with Gasteiger partial charge in [0.25, 0.3) is 5.91 Å². The molecule has 0 unspecified atom stereocenters. The highest BCUT2D eigenvalue weighted by molar-refractivity contribution is 5.93. The number of rotatable bonds is 6. The van der Waals surface area contributed by atoms with Crippen LogP contribution in [0, 0.1) is 27.7 Å². The van der Waals surface area contributed by atoms with Gasteiger partial charge in [0.1, 0.15) is 17.3 Å². The van der Waals surface area contributed by atoms with Crippen molar-refractivity contribution in [1.82, 2.24) is 20.2 Å². The molecule has 2 N–H and O–H groups in total. The molecule has 0 aliphatic heterocycles. The number of aryl methyl sites for hydroxylation is 4. The summed E-state index contributed by atoms with van der Waals surface area (Å²) in [6.45, 7) is 9.35. The van der Waals surface area contributed by atoms with E-state index in [1.807, 2.05) is 19.0 Å². The standard InChI is InChI=1S/C19H27N5O/c1-12-9-13(2)18(14(3)10-12)23-17-11-16(21-15(4)22-17)19(25)20-7-8-24(5)6/h9-11H,7-8H2,1-6H3,(H,20,25)(H,21,22,23). The molecule has 2 rings (SSSR count). The van der Waals surface area contributed by atoms with Crippen LogP contribution in [0.25, 0.3) is 0 Å². The Hall–Kier alpha value is -2.47. The number of aromatic nitrogens is 2. The van der Waals surface area contributed by atoms with Gasteiger partial charge in [-0.15, -0.1) is 0 Å². The largest absolute Gasteiger partial charge is 0.349 e. The third kappa shape index (κ3) is 5.26. The summed E-state index contributed by atoms with van der Waals surface area (Å²) in [6.07, 6.45) is 0. The first-order valence-electron chi connectivity index (χ1n) is 8.39. The van der Waals surface area contributed by atoms with Gasteiger partial charge in [0.2, 0.25) is 0 Å². The van der Waals surface area contributed by atoms with Crippen molar-refractivity contribution in [1.29, 1.82) is 0 Å². The Morgan fingerprint density at radius 3 is 2.28 bits per heavy atom. The van der Waals surface area contributed by atoms with E-state index < -0.39 is 0 Å². The van der Waals surface area contributed by atoms with E-state index in [0.29, 0.717) is 23.9 Å². The van der Waals surface area contributed by atoms with Gasteiger partial charge in [-0.3, -0.25) is 4.79 Å². The minimum absolute atomic E-state index is 0.187. The lowest BCUT2D eigenvalue weighted by atomic mass is 10.1. The number of hydrogen-bond donors (Lipinski definition) is 2. The minimum atomic E-state index is -0.187. The van der Waals surface area contributed by atoms with Gasteiger partial charge in [0.15, 0.2) is 0 Å². The highest BCUT2D eigenvalue weighted by atomic mass is 16.1. The van der Waals surface area contributed by atoms with Crippen LogP contribution in [-0.4, -0.2) is 48.0 Å². The van der Waals surface area contributed by atoms with Crippen molar-refractivity contribution in [3.05, 3.63) is 46.4 Å². The first-order chi connectivity index (χ1) is 11.8. The molecule has 0 fully saturated rings. The summed E-state index contributed by atoms with van der Waals surface area (Å²) in [4.78, 5) is 23.0. The van der Waals surface area contributed by atoms with Crippen LogP contribution in [0.2, 0.25) is 0 Å². The molecule has 6 nitrogen and oxygen atoms in total. The number of amides is 1. The van der Waals surface area contributed by atoms with E-state index in [-0.39, 0.29) is 5.91 Å². The molecule has 1 heterocycles. The lowest BCUT2D eigenvalue weighted by molar-refractivity contribution is 0.0945. The summed E-state index contributed by atoms with van der Waals surface area (Å²) in [5.74, 6) is 0.998. The van der Waals surface area contributed by atoms with Gasteiger partial charge >= 0.3 is 0 Å². The average molecular weight is 341 g/mol. The molecular weight excluding hydrogens is 314 g/mol. The summed E-state index contributed by atoms with van der Waals surface area (Å²) in [5, 5.41) is 6.22. The fourth-order valence-electron chi connectivity index (χ4n) is 2.74. The first-order valence-corrected chi connectivity index (χ1v) is 8.39. The minimum Gasteiger partial charge on any atom is -0.349 e. The second-order valence-electron chi connectivity index (χ2n) is 6.64. The third-order valence-corrected chi connectivity index (χ3v) is 3.85. The van der Waals surface area contributed by atoms with Crippen LogP contribution in [0.4, 0.5) is 11.5 Å². The van der Waals surface area contributed by atoms with E-state index >= 15 is 0 Å². The van der Waals surface area contributed by atoms with Crippen LogP contribution >= 0.6 is 0 Å². The second kappa shape index (κ2) is 8.07. The van der Waals surface area contributed by atoms with Crippen molar-refractivity contribution >= 4 is 17.4 Å². The van der Waals surface area contributed by atoms with Crippen LogP contribution in [0.15, 0.2) is 18.2 Å². The molecule has 25 heavy (non-hydrogen) atoms. The monoisotopic (exact) mass is 341 g/mol. The lowest BCUT2D eigenvalue weighted by Gasteiger charge is -2.14. The summed E-state index contributed by atoms with van der Waals surface area (Å²) in [6, 6.07) is 5.94. The van der Waals surface area contributed by atoms with Crippen molar-refractivity contribution in [2.45, 2.75) is 27.7 Å². The quantitative estimate of drug-likeness (QED) is 0.845. The molecule has 0 radical (unpaired) electrons. The summed E-state index contributed by atoms with van der Waals surface area (Å²) < 4.78 is 0. The number of nitrogens with zero attached hydrogens (tertiary/aromatic N) is 3. The zero-order chi connectivity index (χ0) is 18.6. The predicted molar refractivity (Wildman–Crippen MR) is 102 cm³/mol. The van der Waals surface area contributed by atoms with Gasteiger partial charge in [0, 0.05) is 24.8 Å². The molecule has 1 aromatic carbocycles. The highest BCUT2D eigenvalue weighted by Gasteiger charge is 2.12. The number of nitrogens with one attached hydrogen (secondary N) is 2. The number of carbonyl (C=O) groups is 1. The van der Waals surface area contributed by atoms with Crippen molar-refractivity contribution in [2.75, 3.05) is 32.5 Å². The molecule has 0 saturated heterocycles. The highest BCUT2D eigenvalue weighted by Crippen LogP contribution is 2.25. The number of anilines is 2. The Labute approximate surface area is 149 Å². The number of benzene rings is 1. The average Bonchev–Trinajstić information content (AvgIpc) is 2.49. The number of likely N-dealkylation sites (N-methyl/N-ethyl adjacent to an activating group) is 1. The Kier molecular flexibility index (Phi) is 6.09. The predicted octanol–water partition coefficient (Wildman–Crippen LogP) is 2.75. The molecule has 0 aliphatic rings. The van der Waals surface area contributed by atoms with Crippen LogP contribution in [0.3, 0.4) is 0 Å². The van der Waals surface area contributed by atoms with E-state index in [1.165, 1.54) is 5.56 Å². The Bertz CT molecular complexity index is 747. The van der Waals surface area contributed by atoms with Gasteiger partial charge in [-0.25, -0.2) is 9.97 Å². The maximum atomic E-state index is 12.3. The normalized spacial score (nSPS) is 10.8. The van der Waals surface area contributed by atoms with Gasteiger partial charge in [-0.1, -0.05) is 17.7 Å². The first kappa shape index (κ1) is 18.9. The van der Waals surface area contributed by atoms with E-state index in [4.69, 9.17) is 0 Å². The van der Waals surface area contributed by atoms with Gasteiger partial charge in [-0.2, -0.15) is 0 Å². The van der Waals surface area contributed by atoms with Crippen molar-refractivity contribution in [3.63, 3.8) is 0 Å². The molecule has 2 aromatic rings. The van der Waals surface area contributed by atoms with Gasteiger partial charge in [-0.05, 0) is 52.9 Å². The molecule has 6 heteroatoms. The molecule has 0 aliphatic carbocycles. The molecule has 0 saturated carbocycles. The smallest absolute Gasteiger partial charge is 0.270 e. The molecule has 0 spiro atoms. The van der Waals surface area contributed by atoms with Crippen molar-refractivity contribution < 1.29 is 4.79 Å². The molecule has 134 valence electrons. The van der Waals surface area contributed by atoms with E-state index in [1.54, 1.807) is 13.0 Å². The number of hydrogen-bond acceptors (Lipinski definition) is 5. The topological polar surface area (TPSA) is 70.2 Å². The van der Waals surface area contributed by atoms with Gasteiger partial charge < -0.3 is 15.5 Å². The van der Waals surface area contributed by atoms with Crippen LogP contribution in [0.1, 0.15) is 33.0 Å². The third-order valence-electron chi connectivity index (χ3n) is 3.85. The van der Waals surface area contributed by atoms with E-state index in [2.05, 4.69) is 53.5 Å². The maximum Gasteiger partial charge on any atom is 0.270 e. The van der Waals surface area contributed by atoms with Crippen molar-refractivity contribution in [3.8, 4) is 0 Å². The van der Waals surface area contributed by atoms with Crippen LogP contribution in [-0.2, 0) is 0 Å². The summed E-state index contributed by atoms with van der Waals surface area (Å²) >= 11 is 0. The Morgan fingerprint density at radius 2 is 1.68 bits per heavy atom. The molecule has 0 bridgehead atoms. The fourth-order valence-corrected chi connectivity index (χ4v) is 2.74. The zero-order valence-corrected chi connectivity index (χ0v) is 15.9. The Morgan fingerprint density at radius 1 is 1.04 bits per heavy atom. The van der Waals surface area contributed by atoms with Crippen LogP contribution < -0.4 is 10.6 Å². The summed E-state index contributed by atoms with van der Waals surface area (Å²) in [7, 11) is 3.94. The molecule has 1 amide bonds. The maximum absolute atomic E-state index is 12.3. The van der Waals surface area contributed by atoms with E-state index in [0.717, 1.165) is 23.4 Å². The Balaban J connectivity index is 2.20. The molecule has 0 atom stereocenters. The lowest BCUT2D eigenvalue weighted by Crippen LogP contribution is -2.32. The summed E-state index contributed by atoms with van der Waals surface area (Å²) in [5.41, 5.74) is 4.90. The van der Waals surface area contributed by atoms with E-state index in [9.17, 15) is 4.79 Å². The van der Waals surface area contributed by atoms with Crippen LogP contribution in [0.5, 0.6) is 0 Å². The molecule has 1 aromatic heterocycles. The number of carbonyl (C=O) groups excluding carboxylic acids is 1. The van der Waals surface area contributed by atoms with Crippen molar-refractivity contribution in [2.24, 2.45) is 0 Å². The second-order valence-corrected chi connectivity index (χ2v) is 6.64. The van der Waals surface area contributed by atoms with Gasteiger partial charge in [0.05, 0.1) is 0 Å². The fraction of sp³-hybridized carbons (Fsp3) is 0.421.